The van der Waals surface area contributed by atoms with Gasteiger partial charge in [-0.05, 0) is 56.4 Å². The molecular weight excluding hydrogens is 264 g/mol. The van der Waals surface area contributed by atoms with Crippen LogP contribution in [0, 0.1) is 12.3 Å². The smallest absolute Gasteiger partial charge is 0.234 e. The van der Waals surface area contributed by atoms with Gasteiger partial charge >= 0.3 is 0 Å². The monoisotopic (exact) mass is 286 g/mol. The van der Waals surface area contributed by atoms with Crippen molar-refractivity contribution >= 4 is 11.8 Å². The van der Waals surface area contributed by atoms with Gasteiger partial charge < -0.3 is 4.90 Å². The molecule has 1 N–H and O–H groups in total. The third-order valence-corrected chi connectivity index (χ3v) is 5.13. The molecule has 0 bridgehead atoms. The molecule has 2 fully saturated rings. The lowest BCUT2D eigenvalue weighted by molar-refractivity contribution is -0.141. The Kier molecular flexibility index (Phi) is 3.57. The van der Waals surface area contributed by atoms with Gasteiger partial charge in [-0.3, -0.25) is 14.9 Å². The first-order valence-corrected chi connectivity index (χ1v) is 7.60. The van der Waals surface area contributed by atoms with Crippen molar-refractivity contribution in [2.45, 2.75) is 32.1 Å². The molecule has 2 heterocycles. The Hall–Kier alpha value is -1.68. The van der Waals surface area contributed by atoms with E-state index in [1.54, 1.807) is 0 Å². The SMILES string of the molecule is Cc1ccccc1C1C(=O)NC(=O)CC12CCN(C)CC2. The fraction of sp³-hybridized carbons (Fsp3) is 0.529. The van der Waals surface area contributed by atoms with E-state index in [1.807, 2.05) is 31.2 Å². The van der Waals surface area contributed by atoms with Crippen LogP contribution < -0.4 is 5.32 Å². The number of hydrogen-bond acceptors (Lipinski definition) is 3. The minimum Gasteiger partial charge on any atom is -0.306 e. The number of rotatable bonds is 1. The maximum atomic E-state index is 12.6. The normalized spacial score (nSPS) is 25.9. The van der Waals surface area contributed by atoms with Crippen LogP contribution in [0.25, 0.3) is 0 Å². The molecule has 1 aromatic rings. The summed E-state index contributed by atoms with van der Waals surface area (Å²) in [5.74, 6) is -0.440. The van der Waals surface area contributed by atoms with Crippen molar-refractivity contribution in [2.24, 2.45) is 5.41 Å². The van der Waals surface area contributed by atoms with Crippen LogP contribution in [-0.2, 0) is 9.59 Å². The minimum atomic E-state index is -0.210. The van der Waals surface area contributed by atoms with Gasteiger partial charge in [-0.25, -0.2) is 0 Å². The lowest BCUT2D eigenvalue weighted by atomic mass is 9.61. The van der Waals surface area contributed by atoms with Crippen molar-refractivity contribution in [2.75, 3.05) is 20.1 Å². The number of benzene rings is 1. The van der Waals surface area contributed by atoms with Crippen LogP contribution >= 0.6 is 0 Å². The van der Waals surface area contributed by atoms with Crippen LogP contribution in [0.3, 0.4) is 0 Å². The Morgan fingerprint density at radius 2 is 1.86 bits per heavy atom. The maximum Gasteiger partial charge on any atom is 0.234 e. The summed E-state index contributed by atoms with van der Waals surface area (Å²) in [5, 5.41) is 2.55. The van der Waals surface area contributed by atoms with Gasteiger partial charge in [-0.15, -0.1) is 0 Å². The largest absolute Gasteiger partial charge is 0.306 e. The summed E-state index contributed by atoms with van der Waals surface area (Å²) in [6, 6.07) is 8.05. The highest BCUT2D eigenvalue weighted by atomic mass is 16.2. The standard InChI is InChI=1S/C17H22N2O2/c1-12-5-3-4-6-13(12)15-16(21)18-14(20)11-17(15)7-9-19(2)10-8-17/h3-6,15H,7-11H2,1-2H3,(H,18,20,21). The van der Waals surface area contributed by atoms with Crippen LogP contribution in [0.15, 0.2) is 24.3 Å². The van der Waals surface area contributed by atoms with Gasteiger partial charge in [0.15, 0.2) is 0 Å². The topological polar surface area (TPSA) is 49.4 Å². The first-order chi connectivity index (χ1) is 10.0. The van der Waals surface area contributed by atoms with Crippen molar-refractivity contribution in [3.05, 3.63) is 35.4 Å². The van der Waals surface area contributed by atoms with Crippen LogP contribution in [0.4, 0.5) is 0 Å². The summed E-state index contributed by atoms with van der Waals surface area (Å²) in [6.45, 7) is 3.94. The van der Waals surface area contributed by atoms with E-state index < -0.39 is 0 Å². The molecule has 21 heavy (non-hydrogen) atoms. The van der Waals surface area contributed by atoms with Gasteiger partial charge in [0.2, 0.25) is 11.8 Å². The van der Waals surface area contributed by atoms with Gasteiger partial charge in [0.1, 0.15) is 0 Å². The number of imide groups is 1. The lowest BCUT2D eigenvalue weighted by Crippen LogP contribution is -2.54. The molecule has 0 radical (unpaired) electrons. The number of amides is 2. The number of nitrogens with one attached hydrogen (secondary N) is 1. The molecule has 0 aromatic heterocycles. The average Bonchev–Trinajstić information content (AvgIpc) is 2.43. The predicted molar refractivity (Wildman–Crippen MR) is 80.9 cm³/mol. The number of nitrogens with zero attached hydrogens (tertiary/aromatic N) is 1. The molecule has 0 aliphatic carbocycles. The molecule has 2 saturated heterocycles. The van der Waals surface area contributed by atoms with E-state index in [0.29, 0.717) is 6.42 Å². The second-order valence-corrected chi connectivity index (χ2v) is 6.54. The maximum absolute atomic E-state index is 12.6. The second kappa shape index (κ2) is 5.26. The van der Waals surface area contributed by atoms with Gasteiger partial charge in [0.05, 0.1) is 5.92 Å². The van der Waals surface area contributed by atoms with E-state index in [4.69, 9.17) is 0 Å². The quantitative estimate of drug-likeness (QED) is 0.801. The molecule has 1 aromatic carbocycles. The lowest BCUT2D eigenvalue weighted by Gasteiger charge is -2.47. The molecule has 1 unspecified atom stereocenters. The number of carbonyl (C=O) groups excluding carboxylic acids is 2. The van der Waals surface area contributed by atoms with Crippen LogP contribution in [0.2, 0.25) is 0 Å². The Morgan fingerprint density at radius 1 is 1.19 bits per heavy atom. The van der Waals surface area contributed by atoms with Gasteiger partial charge in [-0.2, -0.15) is 0 Å². The average molecular weight is 286 g/mol. The van der Waals surface area contributed by atoms with E-state index in [0.717, 1.165) is 37.1 Å². The zero-order valence-electron chi connectivity index (χ0n) is 12.7. The van der Waals surface area contributed by atoms with Crippen molar-refractivity contribution in [1.29, 1.82) is 0 Å². The van der Waals surface area contributed by atoms with E-state index in [2.05, 4.69) is 17.3 Å². The summed E-state index contributed by atoms with van der Waals surface area (Å²) < 4.78 is 0. The Morgan fingerprint density at radius 3 is 2.52 bits per heavy atom. The first kappa shape index (κ1) is 14.3. The summed E-state index contributed by atoms with van der Waals surface area (Å²) in [4.78, 5) is 26.8. The summed E-state index contributed by atoms with van der Waals surface area (Å²) in [7, 11) is 2.10. The summed E-state index contributed by atoms with van der Waals surface area (Å²) in [6.07, 6.45) is 2.27. The molecule has 1 atom stereocenters. The molecule has 3 rings (SSSR count). The predicted octanol–water partition coefficient (Wildman–Crippen LogP) is 1.84. The molecule has 0 saturated carbocycles. The van der Waals surface area contributed by atoms with Gasteiger partial charge in [-0.1, -0.05) is 24.3 Å². The minimum absolute atomic E-state index is 0.116. The van der Waals surface area contributed by atoms with E-state index in [9.17, 15) is 9.59 Å². The van der Waals surface area contributed by atoms with Crippen molar-refractivity contribution < 1.29 is 9.59 Å². The van der Waals surface area contributed by atoms with Crippen LogP contribution in [-0.4, -0.2) is 36.9 Å². The van der Waals surface area contributed by atoms with Crippen LogP contribution in [0.1, 0.15) is 36.3 Å². The highest BCUT2D eigenvalue weighted by molar-refractivity contribution is 6.02. The molecule has 4 nitrogen and oxygen atoms in total. The third kappa shape index (κ3) is 2.48. The molecule has 112 valence electrons. The zero-order chi connectivity index (χ0) is 15.0. The number of likely N-dealkylation sites (tertiary alicyclic amines) is 1. The molecular formula is C17H22N2O2. The Bertz CT molecular complexity index is 574. The van der Waals surface area contributed by atoms with Crippen LogP contribution in [0.5, 0.6) is 0 Å². The summed E-state index contributed by atoms with van der Waals surface area (Å²) >= 11 is 0. The highest BCUT2D eigenvalue weighted by Crippen LogP contribution is 2.49. The highest BCUT2D eigenvalue weighted by Gasteiger charge is 2.50. The van der Waals surface area contributed by atoms with E-state index in [-0.39, 0.29) is 23.1 Å². The molecule has 2 aliphatic rings. The Labute approximate surface area is 125 Å². The number of hydrogen-bond donors (Lipinski definition) is 1. The van der Waals surface area contributed by atoms with E-state index in [1.165, 1.54) is 0 Å². The van der Waals surface area contributed by atoms with E-state index >= 15 is 0 Å². The van der Waals surface area contributed by atoms with Crippen molar-refractivity contribution in [3.8, 4) is 0 Å². The van der Waals surface area contributed by atoms with Crippen molar-refractivity contribution in [1.82, 2.24) is 10.2 Å². The number of piperidine rings is 2. The fourth-order valence-electron chi connectivity index (χ4n) is 3.86. The zero-order valence-corrected chi connectivity index (χ0v) is 12.7. The first-order valence-electron chi connectivity index (χ1n) is 7.60. The van der Waals surface area contributed by atoms with Gasteiger partial charge in [0.25, 0.3) is 0 Å². The molecule has 4 heteroatoms. The van der Waals surface area contributed by atoms with Gasteiger partial charge in [0, 0.05) is 6.42 Å². The number of carbonyl (C=O) groups is 2. The van der Waals surface area contributed by atoms with Crippen molar-refractivity contribution in [3.63, 3.8) is 0 Å². The fourth-order valence-corrected chi connectivity index (χ4v) is 3.86. The molecule has 2 aliphatic heterocycles. The molecule has 1 spiro atoms. The number of aryl methyl sites for hydroxylation is 1. The third-order valence-electron chi connectivity index (χ3n) is 5.13. The summed E-state index contributed by atoms with van der Waals surface area (Å²) in [5.41, 5.74) is 2.00. The second-order valence-electron chi connectivity index (χ2n) is 6.54. The Balaban J connectivity index is 2.03. The molecule has 2 amide bonds.